The zero-order valence-electron chi connectivity index (χ0n) is 11.4. The summed E-state index contributed by atoms with van der Waals surface area (Å²) < 4.78 is 1.76. The van der Waals surface area contributed by atoms with E-state index in [1.807, 2.05) is 13.1 Å². The third-order valence-electron chi connectivity index (χ3n) is 2.89. The Kier molecular flexibility index (Phi) is 4.75. The van der Waals surface area contributed by atoms with Crippen molar-refractivity contribution in [3.63, 3.8) is 0 Å². The lowest BCUT2D eigenvalue weighted by Gasteiger charge is -1.99. The van der Waals surface area contributed by atoms with E-state index >= 15 is 0 Å². The number of aryl methyl sites for hydroxylation is 2. The van der Waals surface area contributed by atoms with E-state index in [-0.39, 0.29) is 6.42 Å². The third-order valence-corrected chi connectivity index (χ3v) is 2.89. The molecule has 0 aromatic carbocycles. The fourth-order valence-corrected chi connectivity index (χ4v) is 1.79. The minimum atomic E-state index is -0.743. The summed E-state index contributed by atoms with van der Waals surface area (Å²) in [6, 6.07) is 0. The molecule has 106 valence electrons. The first-order valence-electron chi connectivity index (χ1n) is 6.56. The van der Waals surface area contributed by atoms with Crippen LogP contribution in [0, 0.1) is 6.92 Å². The number of rotatable bonds is 7. The number of aromatic nitrogens is 5. The van der Waals surface area contributed by atoms with E-state index < -0.39 is 5.97 Å². The van der Waals surface area contributed by atoms with Crippen LogP contribution in [0.15, 0.2) is 18.6 Å². The Labute approximate surface area is 116 Å². The van der Waals surface area contributed by atoms with Gasteiger partial charge in [-0.1, -0.05) is 11.6 Å². The lowest BCUT2D eigenvalue weighted by atomic mass is 10.2. The summed E-state index contributed by atoms with van der Waals surface area (Å²) in [6.07, 6.45) is 7.99. The smallest absolute Gasteiger partial charge is 0.303 e. The van der Waals surface area contributed by atoms with Crippen LogP contribution in [0.2, 0.25) is 0 Å². The highest BCUT2D eigenvalue weighted by Gasteiger charge is 2.05. The van der Waals surface area contributed by atoms with E-state index in [0.717, 1.165) is 36.5 Å². The van der Waals surface area contributed by atoms with Crippen LogP contribution < -0.4 is 0 Å². The minimum absolute atomic E-state index is 0.226. The summed E-state index contributed by atoms with van der Waals surface area (Å²) >= 11 is 0. The zero-order valence-corrected chi connectivity index (χ0v) is 11.4. The van der Waals surface area contributed by atoms with E-state index in [1.54, 1.807) is 17.1 Å². The monoisotopic (exact) mass is 275 g/mol. The van der Waals surface area contributed by atoms with Crippen LogP contribution >= 0.6 is 0 Å². The highest BCUT2D eigenvalue weighted by Crippen LogP contribution is 2.13. The van der Waals surface area contributed by atoms with Crippen molar-refractivity contribution in [3.8, 4) is 11.3 Å². The Balaban J connectivity index is 1.83. The molecule has 0 amide bonds. The Morgan fingerprint density at radius 3 is 2.70 bits per heavy atom. The summed E-state index contributed by atoms with van der Waals surface area (Å²) in [5.41, 5.74) is 1.59. The lowest BCUT2D eigenvalue weighted by molar-refractivity contribution is -0.137. The quantitative estimate of drug-likeness (QED) is 0.773. The molecule has 20 heavy (non-hydrogen) atoms. The van der Waals surface area contributed by atoms with E-state index in [9.17, 15) is 4.79 Å². The number of carbonyl (C=O) groups is 1. The number of hydrogen-bond donors (Lipinski definition) is 1. The van der Waals surface area contributed by atoms with Gasteiger partial charge in [-0.25, -0.2) is 9.97 Å². The molecule has 0 atom stereocenters. The average molecular weight is 275 g/mol. The van der Waals surface area contributed by atoms with Crippen molar-refractivity contribution < 1.29 is 9.90 Å². The van der Waals surface area contributed by atoms with Gasteiger partial charge in [0.05, 0.1) is 6.20 Å². The van der Waals surface area contributed by atoms with Gasteiger partial charge in [-0.05, 0) is 19.8 Å². The largest absolute Gasteiger partial charge is 0.481 e. The first kappa shape index (κ1) is 14.1. The van der Waals surface area contributed by atoms with Crippen LogP contribution in [0.3, 0.4) is 0 Å². The van der Waals surface area contributed by atoms with E-state index in [1.165, 1.54) is 0 Å². The predicted molar refractivity (Wildman–Crippen MR) is 71.9 cm³/mol. The van der Waals surface area contributed by atoms with Gasteiger partial charge in [-0.3, -0.25) is 9.48 Å². The van der Waals surface area contributed by atoms with Crippen molar-refractivity contribution in [2.45, 2.75) is 39.2 Å². The van der Waals surface area contributed by atoms with Crippen LogP contribution in [0.5, 0.6) is 0 Å². The Bertz CT molecular complexity index is 564. The summed E-state index contributed by atoms with van der Waals surface area (Å²) in [7, 11) is 0. The Morgan fingerprint density at radius 1 is 1.25 bits per heavy atom. The Morgan fingerprint density at radius 2 is 2.00 bits per heavy atom. The van der Waals surface area contributed by atoms with Crippen LogP contribution in [0.25, 0.3) is 11.3 Å². The molecule has 0 aliphatic carbocycles. The van der Waals surface area contributed by atoms with Crippen LogP contribution in [-0.2, 0) is 11.3 Å². The number of unbranched alkanes of at least 4 members (excludes halogenated alkanes) is 2. The summed E-state index contributed by atoms with van der Waals surface area (Å²) in [5, 5.41) is 16.7. The average Bonchev–Trinajstić information content (AvgIpc) is 2.87. The highest BCUT2D eigenvalue weighted by molar-refractivity contribution is 5.66. The molecule has 0 aliphatic rings. The number of nitrogens with zero attached hydrogens (tertiary/aromatic N) is 5. The Hall–Kier alpha value is -2.31. The number of hydrogen-bond acceptors (Lipinski definition) is 5. The molecule has 1 N–H and O–H groups in total. The second-order valence-corrected chi connectivity index (χ2v) is 4.59. The van der Waals surface area contributed by atoms with E-state index in [4.69, 9.17) is 5.11 Å². The first-order chi connectivity index (χ1) is 9.65. The SMILES string of the molecule is Cc1ncc(-c2cn(CCCCCC(=O)O)nn2)cn1. The molecule has 0 saturated heterocycles. The topological polar surface area (TPSA) is 93.8 Å². The molecule has 0 radical (unpaired) electrons. The molecule has 0 aliphatic heterocycles. The standard InChI is InChI=1S/C13H17N5O2/c1-10-14-7-11(8-15-10)12-9-18(17-16-12)6-4-2-3-5-13(19)20/h7-9H,2-6H2,1H3,(H,19,20). The van der Waals surface area contributed by atoms with Gasteiger partial charge in [-0.15, -0.1) is 5.10 Å². The van der Waals surface area contributed by atoms with Gasteiger partial charge in [0.15, 0.2) is 0 Å². The maximum atomic E-state index is 10.4. The molecule has 0 unspecified atom stereocenters. The predicted octanol–water partition coefficient (Wildman–Crippen LogP) is 1.69. The number of carboxylic acid groups (broad SMARTS) is 1. The van der Waals surface area contributed by atoms with Crippen molar-refractivity contribution in [1.82, 2.24) is 25.0 Å². The van der Waals surface area contributed by atoms with Gasteiger partial charge in [0, 0.05) is 30.9 Å². The second kappa shape index (κ2) is 6.74. The second-order valence-electron chi connectivity index (χ2n) is 4.59. The number of aliphatic carboxylic acids is 1. The molecule has 0 fully saturated rings. The van der Waals surface area contributed by atoms with Crippen molar-refractivity contribution in [2.75, 3.05) is 0 Å². The third kappa shape index (κ3) is 4.11. The van der Waals surface area contributed by atoms with Crippen molar-refractivity contribution in [2.24, 2.45) is 0 Å². The first-order valence-corrected chi connectivity index (χ1v) is 6.56. The molecular formula is C13H17N5O2. The molecule has 2 rings (SSSR count). The fraction of sp³-hybridized carbons (Fsp3) is 0.462. The summed E-state index contributed by atoms with van der Waals surface area (Å²) in [5.74, 6) is -0.0213. The normalized spacial score (nSPS) is 10.7. The molecular weight excluding hydrogens is 258 g/mol. The van der Waals surface area contributed by atoms with Crippen LogP contribution in [0.4, 0.5) is 0 Å². The summed E-state index contributed by atoms with van der Waals surface area (Å²) in [6.45, 7) is 2.57. The molecule has 0 bridgehead atoms. The summed E-state index contributed by atoms with van der Waals surface area (Å²) in [4.78, 5) is 18.6. The molecule has 7 nitrogen and oxygen atoms in total. The highest BCUT2D eigenvalue weighted by atomic mass is 16.4. The van der Waals surface area contributed by atoms with Gasteiger partial charge in [0.25, 0.3) is 0 Å². The maximum Gasteiger partial charge on any atom is 0.303 e. The van der Waals surface area contributed by atoms with Gasteiger partial charge in [0.1, 0.15) is 11.5 Å². The van der Waals surface area contributed by atoms with Gasteiger partial charge < -0.3 is 5.11 Å². The zero-order chi connectivity index (χ0) is 14.4. The lowest BCUT2D eigenvalue weighted by Crippen LogP contribution is -2.00. The molecule has 7 heteroatoms. The van der Waals surface area contributed by atoms with Crippen molar-refractivity contribution in [1.29, 1.82) is 0 Å². The molecule has 2 heterocycles. The van der Waals surface area contributed by atoms with Gasteiger partial charge >= 0.3 is 5.97 Å². The van der Waals surface area contributed by atoms with Crippen molar-refractivity contribution >= 4 is 5.97 Å². The van der Waals surface area contributed by atoms with Crippen molar-refractivity contribution in [3.05, 3.63) is 24.4 Å². The van der Waals surface area contributed by atoms with Crippen LogP contribution in [0.1, 0.15) is 31.5 Å². The molecule has 0 saturated carbocycles. The molecule has 0 spiro atoms. The molecule has 2 aromatic rings. The number of carboxylic acids is 1. The van der Waals surface area contributed by atoms with E-state index in [0.29, 0.717) is 6.42 Å². The minimum Gasteiger partial charge on any atom is -0.481 e. The van der Waals surface area contributed by atoms with E-state index in [2.05, 4.69) is 20.3 Å². The molecule has 2 aromatic heterocycles. The van der Waals surface area contributed by atoms with Crippen LogP contribution in [-0.4, -0.2) is 36.0 Å². The fourth-order valence-electron chi connectivity index (χ4n) is 1.79. The van der Waals surface area contributed by atoms with Gasteiger partial charge in [-0.2, -0.15) is 0 Å². The van der Waals surface area contributed by atoms with Gasteiger partial charge in [0.2, 0.25) is 0 Å². The maximum absolute atomic E-state index is 10.4.